The smallest absolute Gasteiger partial charge is 0.236 e. The highest BCUT2D eigenvalue weighted by molar-refractivity contribution is 7.13. The summed E-state index contributed by atoms with van der Waals surface area (Å²) in [5.74, 6) is 1.57. The SMILES string of the molecule is CCC1(O)CN(Cc2nc(-c3cccs3)oc2C)C1. The van der Waals surface area contributed by atoms with Gasteiger partial charge in [-0.2, -0.15) is 0 Å². The molecular formula is C14H18N2O2S. The fourth-order valence-corrected chi connectivity index (χ4v) is 3.06. The zero-order valence-corrected chi connectivity index (χ0v) is 12.0. The van der Waals surface area contributed by atoms with Crippen molar-refractivity contribution in [1.82, 2.24) is 9.88 Å². The lowest BCUT2D eigenvalue weighted by molar-refractivity contribution is -0.104. The van der Waals surface area contributed by atoms with Crippen molar-refractivity contribution in [3.63, 3.8) is 0 Å². The van der Waals surface area contributed by atoms with Gasteiger partial charge in [0.25, 0.3) is 0 Å². The molecule has 19 heavy (non-hydrogen) atoms. The van der Waals surface area contributed by atoms with E-state index in [1.807, 2.05) is 31.4 Å². The lowest BCUT2D eigenvalue weighted by Gasteiger charge is -2.45. The Morgan fingerprint density at radius 3 is 2.95 bits per heavy atom. The molecule has 0 saturated carbocycles. The number of thiophene rings is 1. The number of oxazole rings is 1. The largest absolute Gasteiger partial charge is 0.440 e. The molecule has 102 valence electrons. The third-order valence-electron chi connectivity index (χ3n) is 3.69. The molecule has 0 radical (unpaired) electrons. The van der Waals surface area contributed by atoms with Crippen LogP contribution >= 0.6 is 11.3 Å². The normalized spacial score (nSPS) is 18.5. The van der Waals surface area contributed by atoms with Crippen LogP contribution < -0.4 is 0 Å². The highest BCUT2D eigenvalue weighted by Gasteiger charge is 2.39. The van der Waals surface area contributed by atoms with Crippen molar-refractivity contribution in [2.75, 3.05) is 13.1 Å². The molecule has 0 aliphatic carbocycles. The van der Waals surface area contributed by atoms with Crippen molar-refractivity contribution >= 4 is 11.3 Å². The maximum atomic E-state index is 10.0. The Hall–Kier alpha value is -1.17. The summed E-state index contributed by atoms with van der Waals surface area (Å²) in [6.07, 6.45) is 0.807. The lowest BCUT2D eigenvalue weighted by Crippen LogP contribution is -2.60. The maximum absolute atomic E-state index is 10.0. The van der Waals surface area contributed by atoms with Crippen LogP contribution in [0.1, 0.15) is 24.8 Å². The summed E-state index contributed by atoms with van der Waals surface area (Å²) in [6.45, 7) is 6.18. The van der Waals surface area contributed by atoms with Gasteiger partial charge >= 0.3 is 0 Å². The van der Waals surface area contributed by atoms with Crippen LogP contribution in [0.4, 0.5) is 0 Å². The minimum absolute atomic E-state index is 0.492. The van der Waals surface area contributed by atoms with Crippen LogP contribution in [0, 0.1) is 6.92 Å². The minimum Gasteiger partial charge on any atom is -0.440 e. The Bertz CT molecular complexity index is 556. The number of β-amino-alcohol motifs (C(OH)–C–C–N with tert-alkyl or cyclic N) is 1. The van der Waals surface area contributed by atoms with Gasteiger partial charge in [0.2, 0.25) is 5.89 Å². The molecule has 0 bridgehead atoms. The van der Waals surface area contributed by atoms with Gasteiger partial charge in [-0.25, -0.2) is 4.98 Å². The van der Waals surface area contributed by atoms with Crippen molar-refractivity contribution in [2.45, 2.75) is 32.4 Å². The number of likely N-dealkylation sites (tertiary alicyclic amines) is 1. The number of hydrogen-bond acceptors (Lipinski definition) is 5. The second-order valence-electron chi connectivity index (χ2n) is 5.22. The Morgan fingerprint density at radius 2 is 2.32 bits per heavy atom. The van der Waals surface area contributed by atoms with Crippen LogP contribution in [-0.2, 0) is 6.54 Å². The summed E-state index contributed by atoms with van der Waals surface area (Å²) in [6, 6.07) is 4.01. The average molecular weight is 278 g/mol. The van der Waals surface area contributed by atoms with Gasteiger partial charge in [-0.3, -0.25) is 4.90 Å². The minimum atomic E-state index is -0.492. The number of rotatable bonds is 4. The van der Waals surface area contributed by atoms with E-state index in [9.17, 15) is 5.11 Å². The second-order valence-corrected chi connectivity index (χ2v) is 6.17. The molecule has 0 amide bonds. The molecule has 5 heteroatoms. The molecule has 0 atom stereocenters. The molecule has 3 heterocycles. The van der Waals surface area contributed by atoms with E-state index in [2.05, 4.69) is 9.88 Å². The molecule has 1 fully saturated rings. The molecule has 0 aromatic carbocycles. The van der Waals surface area contributed by atoms with Gasteiger partial charge in [-0.15, -0.1) is 11.3 Å². The van der Waals surface area contributed by atoms with Gasteiger partial charge in [-0.1, -0.05) is 13.0 Å². The molecule has 1 saturated heterocycles. The van der Waals surface area contributed by atoms with Gasteiger partial charge in [0.15, 0.2) is 0 Å². The average Bonchev–Trinajstić information content (AvgIpc) is 2.97. The third-order valence-corrected chi connectivity index (χ3v) is 4.55. The summed E-state index contributed by atoms with van der Waals surface area (Å²) in [4.78, 5) is 7.83. The summed E-state index contributed by atoms with van der Waals surface area (Å²) < 4.78 is 5.72. The van der Waals surface area contributed by atoms with Crippen LogP contribution in [0.5, 0.6) is 0 Å². The molecule has 2 aromatic heterocycles. The topological polar surface area (TPSA) is 49.5 Å². The van der Waals surface area contributed by atoms with E-state index in [0.717, 1.165) is 42.4 Å². The number of aromatic nitrogens is 1. The summed E-state index contributed by atoms with van der Waals surface area (Å²) >= 11 is 1.63. The van der Waals surface area contributed by atoms with Gasteiger partial charge < -0.3 is 9.52 Å². The first-order valence-corrected chi connectivity index (χ1v) is 7.42. The zero-order chi connectivity index (χ0) is 13.5. The molecular weight excluding hydrogens is 260 g/mol. The molecule has 4 nitrogen and oxygen atoms in total. The molecule has 0 spiro atoms. The molecule has 3 rings (SSSR count). The highest BCUT2D eigenvalue weighted by Crippen LogP contribution is 2.29. The number of aliphatic hydroxyl groups is 1. The fourth-order valence-electron chi connectivity index (χ4n) is 2.41. The Kier molecular flexibility index (Phi) is 3.20. The van der Waals surface area contributed by atoms with Gasteiger partial charge in [0.1, 0.15) is 5.76 Å². The van der Waals surface area contributed by atoms with Gasteiger partial charge in [0, 0.05) is 19.6 Å². The number of aryl methyl sites for hydroxylation is 1. The van der Waals surface area contributed by atoms with Crippen molar-refractivity contribution in [3.05, 3.63) is 29.0 Å². The van der Waals surface area contributed by atoms with E-state index < -0.39 is 5.60 Å². The first-order valence-electron chi connectivity index (χ1n) is 6.54. The standard InChI is InChI=1S/C14H18N2O2S/c1-3-14(17)8-16(9-14)7-11-10(2)18-13(15-11)12-5-4-6-19-12/h4-6,17H,3,7-9H2,1-2H3. The van der Waals surface area contributed by atoms with Crippen LogP contribution in [-0.4, -0.2) is 33.7 Å². The Labute approximate surface area is 116 Å². The summed E-state index contributed by atoms with van der Waals surface area (Å²) in [5, 5.41) is 12.0. The van der Waals surface area contributed by atoms with E-state index in [0.29, 0.717) is 5.89 Å². The monoisotopic (exact) mass is 278 g/mol. The van der Waals surface area contributed by atoms with Crippen molar-refractivity contribution < 1.29 is 9.52 Å². The fraction of sp³-hybridized carbons (Fsp3) is 0.500. The van der Waals surface area contributed by atoms with Crippen molar-refractivity contribution in [3.8, 4) is 10.8 Å². The number of nitrogens with zero attached hydrogens (tertiary/aromatic N) is 2. The van der Waals surface area contributed by atoms with Crippen molar-refractivity contribution in [2.24, 2.45) is 0 Å². The van der Waals surface area contributed by atoms with E-state index in [1.165, 1.54) is 0 Å². The lowest BCUT2D eigenvalue weighted by atomic mass is 9.91. The molecule has 1 aliphatic rings. The maximum Gasteiger partial charge on any atom is 0.236 e. The van der Waals surface area contributed by atoms with E-state index in [1.54, 1.807) is 11.3 Å². The summed E-state index contributed by atoms with van der Waals surface area (Å²) in [5.41, 5.74) is 0.482. The Morgan fingerprint density at radius 1 is 1.53 bits per heavy atom. The predicted molar refractivity (Wildman–Crippen MR) is 75.1 cm³/mol. The molecule has 0 unspecified atom stereocenters. The second kappa shape index (κ2) is 4.74. The van der Waals surface area contributed by atoms with E-state index in [4.69, 9.17) is 4.42 Å². The van der Waals surface area contributed by atoms with Crippen molar-refractivity contribution in [1.29, 1.82) is 0 Å². The van der Waals surface area contributed by atoms with Crippen LogP contribution in [0.2, 0.25) is 0 Å². The quantitative estimate of drug-likeness (QED) is 0.934. The zero-order valence-electron chi connectivity index (χ0n) is 11.2. The molecule has 1 N–H and O–H groups in total. The van der Waals surface area contributed by atoms with Gasteiger partial charge in [0.05, 0.1) is 16.2 Å². The first kappa shape index (κ1) is 12.8. The molecule has 2 aromatic rings. The van der Waals surface area contributed by atoms with Crippen LogP contribution in [0.15, 0.2) is 21.9 Å². The first-order chi connectivity index (χ1) is 9.09. The number of hydrogen-bond donors (Lipinski definition) is 1. The van der Waals surface area contributed by atoms with E-state index in [-0.39, 0.29) is 0 Å². The third kappa shape index (κ3) is 2.45. The summed E-state index contributed by atoms with van der Waals surface area (Å²) in [7, 11) is 0. The predicted octanol–water partition coefficient (Wildman–Crippen LogP) is 2.67. The highest BCUT2D eigenvalue weighted by atomic mass is 32.1. The van der Waals surface area contributed by atoms with Crippen LogP contribution in [0.3, 0.4) is 0 Å². The van der Waals surface area contributed by atoms with E-state index >= 15 is 0 Å². The Balaban J connectivity index is 1.70. The van der Waals surface area contributed by atoms with Crippen LogP contribution in [0.25, 0.3) is 10.8 Å². The van der Waals surface area contributed by atoms with Gasteiger partial charge in [-0.05, 0) is 24.8 Å². The molecule has 1 aliphatic heterocycles.